The van der Waals surface area contributed by atoms with Gasteiger partial charge in [0.05, 0.1) is 5.69 Å². The van der Waals surface area contributed by atoms with Crippen LogP contribution in [-0.2, 0) is 0 Å². The fourth-order valence-electron chi connectivity index (χ4n) is 1.14. The number of hydrogen-bond donors (Lipinski definition) is 2. The Morgan fingerprint density at radius 2 is 2.15 bits per heavy atom. The van der Waals surface area contributed by atoms with Crippen LogP contribution in [0.2, 0.25) is 0 Å². The fourth-order valence-corrected chi connectivity index (χ4v) is 1.14. The number of ether oxygens (including phenoxy) is 2. The highest BCUT2D eigenvalue weighted by Gasteiger charge is 2.13. The van der Waals surface area contributed by atoms with Gasteiger partial charge in [0.25, 0.3) is 0 Å². The molecule has 0 fully saturated rings. The molecule has 4 N–H and O–H groups in total. The molecule has 1 aromatic carbocycles. The number of amides is 2. The summed E-state index contributed by atoms with van der Waals surface area (Å²) < 4.78 is 10.2. The van der Waals surface area contributed by atoms with E-state index in [1.807, 2.05) is 0 Å². The minimum absolute atomic E-state index is 0.233. The largest absolute Gasteiger partial charge is 0.454 e. The molecule has 1 aliphatic rings. The number of urea groups is 1. The zero-order chi connectivity index (χ0) is 9.26. The molecule has 5 heteroatoms. The maximum Gasteiger partial charge on any atom is 0.416 e. The maximum atomic E-state index is 10.6. The predicted octanol–water partition coefficient (Wildman–Crippen LogP) is 0.189. The molecule has 0 aromatic heterocycles. The molecule has 1 heterocycles. The van der Waals surface area contributed by atoms with E-state index < -0.39 is 0 Å². The first-order valence-electron chi connectivity index (χ1n) is 3.78. The van der Waals surface area contributed by atoms with Gasteiger partial charge in [-0.3, -0.25) is 11.1 Å². The summed E-state index contributed by atoms with van der Waals surface area (Å²) in [5, 5.41) is 2.55. The summed E-state index contributed by atoms with van der Waals surface area (Å²) in [6.07, 6.45) is 0. The number of carbonyl (C=O) groups is 1. The zero-order valence-electron chi connectivity index (χ0n) is 6.87. The lowest BCUT2D eigenvalue weighted by Crippen LogP contribution is -2.59. The first-order valence-corrected chi connectivity index (χ1v) is 3.78. The molecule has 2 amide bonds. The van der Waals surface area contributed by atoms with E-state index in [1.54, 1.807) is 18.2 Å². The Hall–Kier alpha value is -1.75. The Kier molecular flexibility index (Phi) is 1.79. The topological polar surface area (TPSA) is 75.2 Å². The van der Waals surface area contributed by atoms with Gasteiger partial charge in [-0.25, -0.2) is 4.79 Å². The molecule has 13 heavy (non-hydrogen) atoms. The highest BCUT2D eigenvalue weighted by molar-refractivity contribution is 5.81. The minimum Gasteiger partial charge on any atom is -0.454 e. The van der Waals surface area contributed by atoms with Crippen LogP contribution >= 0.6 is 0 Å². The molecular weight excluding hydrogens is 172 g/mol. The summed E-state index contributed by atoms with van der Waals surface area (Å²) in [5.41, 5.74) is 3.86. The van der Waals surface area contributed by atoms with Crippen molar-refractivity contribution >= 4 is 11.7 Å². The van der Waals surface area contributed by atoms with Crippen LogP contribution in [0.25, 0.3) is 0 Å². The van der Waals surface area contributed by atoms with Crippen molar-refractivity contribution in [2.24, 2.45) is 0 Å². The summed E-state index contributed by atoms with van der Waals surface area (Å²) in [4.78, 5) is 10.6. The second kappa shape index (κ2) is 2.95. The Labute approximate surface area is 74.4 Å². The van der Waals surface area contributed by atoms with Gasteiger partial charge in [-0.1, -0.05) is 0 Å². The molecule has 0 unspecified atom stereocenters. The lowest BCUT2D eigenvalue weighted by molar-refractivity contribution is -0.242. The highest BCUT2D eigenvalue weighted by atomic mass is 16.7. The van der Waals surface area contributed by atoms with Crippen molar-refractivity contribution in [1.29, 1.82) is 0 Å². The Morgan fingerprint density at radius 3 is 2.92 bits per heavy atom. The molecule has 0 saturated heterocycles. The van der Waals surface area contributed by atoms with Crippen molar-refractivity contribution in [1.82, 2.24) is 0 Å². The third-order valence-corrected chi connectivity index (χ3v) is 1.66. The van der Waals surface area contributed by atoms with Gasteiger partial charge in [0, 0.05) is 6.07 Å². The number of rotatable bonds is 1. The molecule has 68 valence electrons. The van der Waals surface area contributed by atoms with Crippen molar-refractivity contribution < 1.29 is 20.0 Å². The molecule has 2 rings (SSSR count). The second-order valence-corrected chi connectivity index (χ2v) is 2.62. The van der Waals surface area contributed by atoms with Crippen LogP contribution in [0.4, 0.5) is 10.5 Å². The third kappa shape index (κ3) is 1.54. The zero-order valence-corrected chi connectivity index (χ0v) is 6.87. The summed E-state index contributed by atoms with van der Waals surface area (Å²) in [7, 11) is 0. The van der Waals surface area contributed by atoms with E-state index in [2.05, 4.69) is 11.1 Å². The van der Waals surface area contributed by atoms with E-state index in [9.17, 15) is 4.79 Å². The Bertz CT molecular complexity index is 351. The van der Waals surface area contributed by atoms with Crippen molar-refractivity contribution in [2.75, 3.05) is 12.1 Å². The SMILES string of the molecule is [NH3+]C(=O)Nc1ccc2c(c1)OCO2. The smallest absolute Gasteiger partial charge is 0.416 e. The van der Waals surface area contributed by atoms with Gasteiger partial charge in [-0.05, 0) is 12.1 Å². The van der Waals surface area contributed by atoms with E-state index in [-0.39, 0.29) is 12.8 Å². The number of fused-ring (bicyclic) bond motifs is 1. The van der Waals surface area contributed by atoms with E-state index in [4.69, 9.17) is 9.47 Å². The van der Waals surface area contributed by atoms with Gasteiger partial charge < -0.3 is 9.47 Å². The van der Waals surface area contributed by atoms with E-state index in [1.165, 1.54) is 0 Å². The first kappa shape index (κ1) is 7.88. The Morgan fingerprint density at radius 1 is 1.38 bits per heavy atom. The summed E-state index contributed by atoms with van der Waals surface area (Å²) in [6.45, 7) is 0.233. The van der Waals surface area contributed by atoms with Crippen LogP contribution in [0.3, 0.4) is 0 Å². The van der Waals surface area contributed by atoms with Gasteiger partial charge in [0.15, 0.2) is 11.5 Å². The minimum atomic E-state index is -0.348. The van der Waals surface area contributed by atoms with Gasteiger partial charge in [-0.15, -0.1) is 0 Å². The molecule has 0 atom stereocenters. The fraction of sp³-hybridized carbons (Fsp3) is 0.125. The van der Waals surface area contributed by atoms with Crippen LogP contribution < -0.4 is 20.5 Å². The molecule has 0 aliphatic carbocycles. The summed E-state index contributed by atoms with van der Waals surface area (Å²) in [6, 6.07) is 4.83. The lowest BCUT2D eigenvalue weighted by atomic mass is 10.3. The normalized spacial score (nSPS) is 12.7. The van der Waals surface area contributed by atoms with Gasteiger partial charge >= 0.3 is 6.03 Å². The molecule has 0 saturated carbocycles. The maximum absolute atomic E-state index is 10.6. The number of benzene rings is 1. The van der Waals surface area contributed by atoms with E-state index in [0.29, 0.717) is 17.2 Å². The van der Waals surface area contributed by atoms with E-state index in [0.717, 1.165) is 0 Å². The van der Waals surface area contributed by atoms with Crippen molar-refractivity contribution in [2.45, 2.75) is 0 Å². The van der Waals surface area contributed by atoms with Crippen molar-refractivity contribution in [3.05, 3.63) is 18.2 Å². The quantitative estimate of drug-likeness (QED) is 0.649. The summed E-state index contributed by atoms with van der Waals surface area (Å²) in [5.74, 6) is 1.34. The average molecular weight is 181 g/mol. The van der Waals surface area contributed by atoms with Crippen LogP contribution in [0.5, 0.6) is 11.5 Å². The first-order chi connectivity index (χ1) is 6.25. The molecule has 0 spiro atoms. The number of hydrogen-bond acceptors (Lipinski definition) is 3. The number of carbonyl (C=O) groups excluding carboxylic acids is 1. The average Bonchev–Trinajstić information content (AvgIpc) is 2.49. The lowest BCUT2D eigenvalue weighted by Gasteiger charge is -2.00. The second-order valence-electron chi connectivity index (χ2n) is 2.62. The van der Waals surface area contributed by atoms with Gasteiger partial charge in [0.1, 0.15) is 0 Å². The molecule has 0 radical (unpaired) electrons. The molecule has 1 aromatic rings. The monoisotopic (exact) mass is 181 g/mol. The van der Waals surface area contributed by atoms with Crippen molar-refractivity contribution in [3.63, 3.8) is 0 Å². The van der Waals surface area contributed by atoms with Crippen LogP contribution in [-0.4, -0.2) is 12.8 Å². The molecule has 1 aliphatic heterocycles. The van der Waals surface area contributed by atoms with Crippen LogP contribution in [0.15, 0.2) is 18.2 Å². The Balaban J connectivity index is 2.25. The van der Waals surface area contributed by atoms with Crippen molar-refractivity contribution in [3.8, 4) is 11.5 Å². The van der Waals surface area contributed by atoms with Crippen LogP contribution in [0, 0.1) is 0 Å². The highest BCUT2D eigenvalue weighted by Crippen LogP contribution is 2.33. The number of anilines is 1. The number of nitrogens with one attached hydrogen (secondary N) is 1. The standard InChI is InChI=1S/C8H8N2O3/c9-8(11)10-5-1-2-6-7(3-5)13-4-12-6/h1-3H,4H2,(H3,9,10,11)/p+1. The molecule has 0 bridgehead atoms. The molecule has 5 nitrogen and oxygen atoms in total. The number of quaternary nitrogens is 1. The van der Waals surface area contributed by atoms with Crippen LogP contribution in [0.1, 0.15) is 0 Å². The van der Waals surface area contributed by atoms with Gasteiger partial charge in [0.2, 0.25) is 6.79 Å². The van der Waals surface area contributed by atoms with Gasteiger partial charge in [-0.2, -0.15) is 0 Å². The molecular formula is C8H9N2O3+. The predicted molar refractivity (Wildman–Crippen MR) is 44.5 cm³/mol. The van der Waals surface area contributed by atoms with E-state index >= 15 is 0 Å². The summed E-state index contributed by atoms with van der Waals surface area (Å²) >= 11 is 0. The third-order valence-electron chi connectivity index (χ3n) is 1.66.